The van der Waals surface area contributed by atoms with E-state index in [1.54, 1.807) is 20.8 Å². The van der Waals surface area contributed by atoms with Crippen LogP contribution in [0.1, 0.15) is 64.3 Å². The number of aromatic nitrogens is 2. The number of rotatable bonds is 9. The van der Waals surface area contributed by atoms with E-state index in [1.165, 1.54) is 28.4 Å². The SMILES string of the molecule is CC(C)(C)OC(=O)N[C@H](CNc1nnc(N2C(=O)Cc3ccccc32)s1)[C@@H](O[Si](C)(C)C(C)(C)C)c1ccc(C(F)(F)F)cc1. The maximum atomic E-state index is 13.4. The van der Waals surface area contributed by atoms with E-state index in [4.69, 9.17) is 9.16 Å². The maximum absolute atomic E-state index is 13.4. The van der Waals surface area contributed by atoms with E-state index in [0.717, 1.165) is 23.4 Å². The summed E-state index contributed by atoms with van der Waals surface area (Å²) in [5.74, 6) is -0.117. The van der Waals surface area contributed by atoms with Gasteiger partial charge in [0.05, 0.1) is 29.8 Å². The van der Waals surface area contributed by atoms with Crippen molar-refractivity contribution in [2.75, 3.05) is 16.8 Å². The summed E-state index contributed by atoms with van der Waals surface area (Å²) in [6.07, 6.45) is -5.79. The molecule has 0 fully saturated rings. The zero-order chi connectivity index (χ0) is 33.4. The fourth-order valence-corrected chi connectivity index (χ4v) is 6.54. The second kappa shape index (κ2) is 12.7. The number of hydrogen-bond acceptors (Lipinski definition) is 8. The highest BCUT2D eigenvalue weighted by molar-refractivity contribution is 7.19. The highest BCUT2D eigenvalue weighted by atomic mass is 32.1. The van der Waals surface area contributed by atoms with Crippen LogP contribution in [0.3, 0.4) is 0 Å². The number of anilines is 3. The minimum atomic E-state index is -4.50. The van der Waals surface area contributed by atoms with E-state index in [0.29, 0.717) is 15.8 Å². The van der Waals surface area contributed by atoms with E-state index >= 15 is 0 Å². The molecular weight excluding hydrogens is 624 g/mol. The van der Waals surface area contributed by atoms with Gasteiger partial charge in [0.2, 0.25) is 16.2 Å². The first-order valence-corrected chi connectivity index (χ1v) is 18.3. The number of para-hydroxylation sites is 1. The zero-order valence-electron chi connectivity index (χ0n) is 26.7. The van der Waals surface area contributed by atoms with Gasteiger partial charge in [-0.15, -0.1) is 10.2 Å². The van der Waals surface area contributed by atoms with Gasteiger partial charge in [-0.2, -0.15) is 13.2 Å². The fourth-order valence-electron chi connectivity index (χ4n) is 4.47. The lowest BCUT2D eigenvalue weighted by atomic mass is 10.0. The molecule has 45 heavy (non-hydrogen) atoms. The third-order valence-corrected chi connectivity index (χ3v) is 13.1. The van der Waals surface area contributed by atoms with E-state index in [-0.39, 0.29) is 23.9 Å². The van der Waals surface area contributed by atoms with Gasteiger partial charge >= 0.3 is 12.3 Å². The quantitative estimate of drug-likeness (QED) is 0.225. The van der Waals surface area contributed by atoms with Gasteiger partial charge in [0, 0.05) is 6.54 Å². The Morgan fingerprint density at radius 3 is 2.27 bits per heavy atom. The van der Waals surface area contributed by atoms with E-state index in [2.05, 4.69) is 41.6 Å². The molecule has 9 nitrogen and oxygen atoms in total. The Balaban J connectivity index is 1.66. The average molecular weight is 664 g/mol. The van der Waals surface area contributed by atoms with Crippen LogP contribution in [0, 0.1) is 0 Å². The number of benzene rings is 2. The molecule has 0 saturated heterocycles. The molecular formula is C31H40F3N5O4SSi. The van der Waals surface area contributed by atoms with Crippen LogP contribution in [0.5, 0.6) is 0 Å². The lowest BCUT2D eigenvalue weighted by Crippen LogP contribution is -2.51. The number of amides is 2. The van der Waals surface area contributed by atoms with Gasteiger partial charge in [0.15, 0.2) is 8.32 Å². The lowest BCUT2D eigenvalue weighted by Gasteiger charge is -2.42. The number of fused-ring (bicyclic) bond motifs is 1. The summed E-state index contributed by atoms with van der Waals surface area (Å²) >= 11 is 1.17. The number of hydrogen-bond donors (Lipinski definition) is 2. The Kier molecular flexibility index (Phi) is 9.72. The zero-order valence-corrected chi connectivity index (χ0v) is 28.5. The molecule has 1 aromatic heterocycles. The standard InChI is InChI=1S/C31H40F3N5O4SSi/c1-29(2,3)42-28(41)36-22(18-35-26-37-38-27(44-26)39-23-12-10-9-11-20(23)17-24(39)40)25(43-45(7,8)30(4,5)6)19-13-15-21(16-14-19)31(32,33)34/h9-16,22,25H,17-18H2,1-8H3,(H,35,37)(H,36,41)/t22-,25+/m1/s1. The number of alkyl carbamates (subject to hydrolysis) is 1. The summed E-state index contributed by atoms with van der Waals surface area (Å²) in [6.45, 7) is 15.5. The first-order valence-electron chi connectivity index (χ1n) is 14.6. The number of nitrogens with zero attached hydrogens (tertiary/aromatic N) is 3. The molecule has 2 heterocycles. The van der Waals surface area contributed by atoms with Crippen molar-refractivity contribution in [3.63, 3.8) is 0 Å². The third kappa shape index (κ3) is 8.41. The third-order valence-electron chi connectivity index (χ3n) is 7.76. The Bertz CT molecular complexity index is 1520. The molecule has 3 aromatic rings. The van der Waals surface area contributed by atoms with Crippen molar-refractivity contribution < 1.29 is 31.9 Å². The van der Waals surface area contributed by atoms with Gasteiger partial charge in [0.25, 0.3) is 0 Å². The molecule has 2 N–H and O–H groups in total. The highest BCUT2D eigenvalue weighted by Gasteiger charge is 2.42. The number of halogens is 3. The molecule has 0 aliphatic carbocycles. The minimum Gasteiger partial charge on any atom is -0.444 e. The van der Waals surface area contributed by atoms with Crippen LogP contribution < -0.4 is 15.5 Å². The Hall–Kier alpha value is -3.49. The molecule has 2 amide bonds. The van der Waals surface area contributed by atoms with E-state index in [9.17, 15) is 22.8 Å². The Morgan fingerprint density at radius 1 is 1.02 bits per heavy atom. The van der Waals surface area contributed by atoms with Gasteiger partial charge in [-0.25, -0.2) is 4.79 Å². The normalized spacial score (nSPS) is 15.4. The molecule has 2 aromatic carbocycles. The number of ether oxygens (including phenoxy) is 1. The van der Waals surface area contributed by atoms with Crippen molar-refractivity contribution in [2.24, 2.45) is 0 Å². The van der Waals surface area contributed by atoms with Crippen LogP contribution in [0.25, 0.3) is 0 Å². The van der Waals surface area contributed by atoms with Crippen LogP contribution >= 0.6 is 11.3 Å². The minimum absolute atomic E-state index is 0.0682. The van der Waals surface area contributed by atoms with E-state index in [1.807, 2.05) is 37.4 Å². The van der Waals surface area contributed by atoms with Gasteiger partial charge in [-0.3, -0.25) is 9.69 Å². The molecule has 1 aliphatic heterocycles. The second-order valence-corrected chi connectivity index (χ2v) is 19.2. The molecule has 0 spiro atoms. The highest BCUT2D eigenvalue weighted by Crippen LogP contribution is 2.42. The number of nitrogens with one attached hydrogen (secondary N) is 2. The van der Waals surface area contributed by atoms with Crippen LogP contribution in [0.4, 0.5) is 33.9 Å². The molecule has 4 rings (SSSR count). The topological polar surface area (TPSA) is 106 Å². The van der Waals surface area contributed by atoms with Gasteiger partial charge < -0.3 is 19.8 Å². The molecule has 1 aliphatic rings. The van der Waals surface area contributed by atoms with Crippen molar-refractivity contribution in [2.45, 2.75) is 90.0 Å². The predicted octanol–water partition coefficient (Wildman–Crippen LogP) is 7.85. The van der Waals surface area contributed by atoms with Crippen molar-refractivity contribution in [3.8, 4) is 0 Å². The lowest BCUT2D eigenvalue weighted by molar-refractivity contribution is -0.137. The summed E-state index contributed by atoms with van der Waals surface area (Å²) in [7, 11) is -2.54. The summed E-state index contributed by atoms with van der Waals surface area (Å²) in [5, 5.41) is 15.1. The smallest absolute Gasteiger partial charge is 0.416 e. The summed E-state index contributed by atoms with van der Waals surface area (Å²) in [6, 6.07) is 11.4. The number of carbonyl (C=O) groups excluding carboxylic acids is 2. The van der Waals surface area contributed by atoms with Crippen molar-refractivity contribution in [1.82, 2.24) is 15.5 Å². The molecule has 0 radical (unpaired) electrons. The van der Waals surface area contributed by atoms with Gasteiger partial charge in [-0.05, 0) is 68.2 Å². The molecule has 0 saturated carbocycles. The van der Waals surface area contributed by atoms with Gasteiger partial charge in [-0.1, -0.05) is 62.4 Å². The van der Waals surface area contributed by atoms with Crippen LogP contribution in [0.15, 0.2) is 48.5 Å². The van der Waals surface area contributed by atoms with Crippen LogP contribution in [-0.4, -0.2) is 48.7 Å². The molecule has 0 bridgehead atoms. The molecule has 244 valence electrons. The second-order valence-electron chi connectivity index (χ2n) is 13.5. The predicted molar refractivity (Wildman–Crippen MR) is 171 cm³/mol. The van der Waals surface area contributed by atoms with Crippen molar-refractivity contribution >= 4 is 47.6 Å². The summed E-state index contributed by atoms with van der Waals surface area (Å²) in [4.78, 5) is 27.4. The largest absolute Gasteiger partial charge is 0.444 e. The molecule has 2 atom stereocenters. The number of carbonyl (C=O) groups is 2. The molecule has 14 heteroatoms. The fraction of sp³-hybridized carbons (Fsp3) is 0.484. The first kappa shape index (κ1) is 34.4. The number of alkyl halides is 3. The summed E-state index contributed by atoms with van der Waals surface area (Å²) in [5.41, 5.74) is 0.536. The monoisotopic (exact) mass is 663 g/mol. The van der Waals surface area contributed by atoms with Crippen LogP contribution in [0.2, 0.25) is 18.1 Å². The Morgan fingerprint density at radius 2 is 1.67 bits per heavy atom. The van der Waals surface area contributed by atoms with Crippen molar-refractivity contribution in [1.29, 1.82) is 0 Å². The average Bonchev–Trinajstić information content (AvgIpc) is 3.50. The maximum Gasteiger partial charge on any atom is 0.416 e. The van der Waals surface area contributed by atoms with Crippen molar-refractivity contribution in [3.05, 3.63) is 65.2 Å². The first-order chi connectivity index (χ1) is 20.7. The Labute approximate surface area is 266 Å². The van der Waals surface area contributed by atoms with Gasteiger partial charge in [0.1, 0.15) is 5.60 Å². The van der Waals surface area contributed by atoms with E-state index < -0.39 is 43.9 Å². The van der Waals surface area contributed by atoms with Crippen LogP contribution in [-0.2, 0) is 26.6 Å². The molecule has 0 unspecified atom stereocenters. The summed E-state index contributed by atoms with van der Waals surface area (Å²) < 4.78 is 52.6.